The lowest BCUT2D eigenvalue weighted by molar-refractivity contribution is -0.324. The van der Waals surface area contributed by atoms with Crippen molar-refractivity contribution in [3.05, 3.63) is 0 Å². The molecule has 0 bridgehead atoms. The molecule has 0 aromatic heterocycles. The first-order valence-electron chi connectivity index (χ1n) is 3.68. The summed E-state index contributed by atoms with van der Waals surface area (Å²) in [6.07, 6.45) is 3.71. The van der Waals surface area contributed by atoms with Crippen LogP contribution in [0.5, 0.6) is 0 Å². The Kier molecular flexibility index (Phi) is 3.01. The van der Waals surface area contributed by atoms with Crippen molar-refractivity contribution in [2.45, 2.75) is 26.2 Å². The number of hydrogen-bond acceptors (Lipinski definition) is 2. The van der Waals surface area contributed by atoms with E-state index >= 15 is 0 Å². The van der Waals surface area contributed by atoms with Gasteiger partial charge in [0.05, 0.1) is 13.2 Å². The highest BCUT2D eigenvalue weighted by atomic mass is 17.2. The quantitative estimate of drug-likeness (QED) is 0.530. The van der Waals surface area contributed by atoms with Crippen LogP contribution >= 0.6 is 0 Å². The summed E-state index contributed by atoms with van der Waals surface area (Å²) in [6.45, 7) is 3.79. The molecule has 0 saturated carbocycles. The molecule has 0 aliphatic carbocycles. The Morgan fingerprint density at radius 3 is 2.89 bits per heavy atom. The van der Waals surface area contributed by atoms with Crippen molar-refractivity contribution < 1.29 is 9.78 Å². The van der Waals surface area contributed by atoms with Crippen LogP contribution in [-0.4, -0.2) is 13.2 Å². The summed E-state index contributed by atoms with van der Waals surface area (Å²) < 4.78 is 0. The first-order chi connectivity index (χ1) is 4.43. The molecule has 1 heterocycles. The fourth-order valence-electron chi connectivity index (χ4n) is 1.14. The molecular weight excluding hydrogens is 116 g/mol. The number of rotatable bonds is 2. The maximum absolute atomic E-state index is 4.83. The average molecular weight is 130 g/mol. The molecule has 1 aliphatic heterocycles. The van der Waals surface area contributed by atoms with Gasteiger partial charge in [-0.2, -0.15) is 0 Å². The van der Waals surface area contributed by atoms with E-state index in [0.717, 1.165) is 19.1 Å². The summed E-state index contributed by atoms with van der Waals surface area (Å²) >= 11 is 0. The van der Waals surface area contributed by atoms with E-state index in [1.807, 2.05) is 0 Å². The van der Waals surface area contributed by atoms with Crippen LogP contribution in [0.1, 0.15) is 26.2 Å². The van der Waals surface area contributed by atoms with Crippen LogP contribution in [-0.2, 0) is 9.78 Å². The van der Waals surface area contributed by atoms with Gasteiger partial charge in [0.15, 0.2) is 0 Å². The molecule has 0 amide bonds. The molecule has 1 fully saturated rings. The van der Waals surface area contributed by atoms with E-state index in [2.05, 4.69) is 6.92 Å². The molecule has 1 unspecified atom stereocenters. The fraction of sp³-hybridized carbons (Fsp3) is 1.00. The monoisotopic (exact) mass is 130 g/mol. The van der Waals surface area contributed by atoms with E-state index in [4.69, 9.17) is 9.78 Å². The van der Waals surface area contributed by atoms with Gasteiger partial charge in [-0.25, -0.2) is 9.78 Å². The van der Waals surface area contributed by atoms with Gasteiger partial charge in [-0.1, -0.05) is 13.3 Å². The Morgan fingerprint density at radius 2 is 2.33 bits per heavy atom. The van der Waals surface area contributed by atoms with Crippen molar-refractivity contribution in [1.82, 2.24) is 0 Å². The molecule has 0 radical (unpaired) electrons. The highest BCUT2D eigenvalue weighted by molar-refractivity contribution is 4.57. The SMILES string of the molecule is CCCC1CCOOC1. The number of hydrogen-bond donors (Lipinski definition) is 0. The molecule has 0 spiro atoms. The van der Waals surface area contributed by atoms with Crippen molar-refractivity contribution in [2.24, 2.45) is 5.92 Å². The van der Waals surface area contributed by atoms with E-state index < -0.39 is 0 Å². The van der Waals surface area contributed by atoms with Gasteiger partial charge in [0.1, 0.15) is 0 Å². The molecule has 54 valence electrons. The van der Waals surface area contributed by atoms with Crippen molar-refractivity contribution in [1.29, 1.82) is 0 Å². The van der Waals surface area contributed by atoms with Crippen LogP contribution in [0.25, 0.3) is 0 Å². The van der Waals surface area contributed by atoms with Crippen LogP contribution in [0.2, 0.25) is 0 Å². The topological polar surface area (TPSA) is 18.5 Å². The fourth-order valence-corrected chi connectivity index (χ4v) is 1.14. The standard InChI is InChI=1S/C7H14O2/c1-2-3-7-4-5-8-9-6-7/h7H,2-6H2,1H3. The highest BCUT2D eigenvalue weighted by Crippen LogP contribution is 2.15. The predicted molar refractivity (Wildman–Crippen MR) is 34.9 cm³/mol. The highest BCUT2D eigenvalue weighted by Gasteiger charge is 2.12. The third-order valence-electron chi connectivity index (χ3n) is 1.69. The molecule has 0 N–H and O–H groups in total. The molecule has 1 aliphatic rings. The largest absolute Gasteiger partial charge is 0.237 e. The third-order valence-corrected chi connectivity index (χ3v) is 1.69. The molecule has 2 nitrogen and oxygen atoms in total. The Balaban J connectivity index is 2.08. The van der Waals surface area contributed by atoms with Crippen LogP contribution in [0.3, 0.4) is 0 Å². The van der Waals surface area contributed by atoms with Gasteiger partial charge in [-0.05, 0) is 18.8 Å². The second-order valence-corrected chi connectivity index (χ2v) is 2.55. The Hall–Kier alpha value is -0.0800. The molecule has 1 saturated heterocycles. The zero-order valence-electron chi connectivity index (χ0n) is 5.93. The lowest BCUT2D eigenvalue weighted by Crippen LogP contribution is -2.18. The smallest absolute Gasteiger partial charge is 0.0851 e. The zero-order valence-corrected chi connectivity index (χ0v) is 5.93. The first-order valence-corrected chi connectivity index (χ1v) is 3.68. The maximum Gasteiger partial charge on any atom is 0.0851 e. The summed E-state index contributed by atoms with van der Waals surface area (Å²) in [5.41, 5.74) is 0. The van der Waals surface area contributed by atoms with Gasteiger partial charge < -0.3 is 0 Å². The van der Waals surface area contributed by atoms with Gasteiger partial charge in [-0.15, -0.1) is 0 Å². The molecule has 0 aromatic rings. The summed E-state index contributed by atoms with van der Waals surface area (Å²) in [5.74, 6) is 0.753. The zero-order chi connectivity index (χ0) is 6.53. The first kappa shape index (κ1) is 7.03. The van der Waals surface area contributed by atoms with E-state index in [0.29, 0.717) is 0 Å². The van der Waals surface area contributed by atoms with E-state index in [1.54, 1.807) is 0 Å². The van der Waals surface area contributed by atoms with Gasteiger partial charge in [0.25, 0.3) is 0 Å². The molecule has 1 atom stereocenters. The van der Waals surface area contributed by atoms with Crippen LogP contribution in [0.15, 0.2) is 0 Å². The van der Waals surface area contributed by atoms with Crippen molar-refractivity contribution in [2.75, 3.05) is 13.2 Å². The maximum atomic E-state index is 4.83. The second-order valence-electron chi connectivity index (χ2n) is 2.55. The van der Waals surface area contributed by atoms with Crippen molar-refractivity contribution >= 4 is 0 Å². The molecule has 0 aromatic carbocycles. The minimum absolute atomic E-state index is 0.753. The van der Waals surface area contributed by atoms with Gasteiger partial charge in [-0.3, -0.25) is 0 Å². The predicted octanol–water partition coefficient (Wildman–Crippen LogP) is 1.75. The van der Waals surface area contributed by atoms with Crippen LogP contribution < -0.4 is 0 Å². The van der Waals surface area contributed by atoms with Crippen molar-refractivity contribution in [3.8, 4) is 0 Å². The molecule has 1 rings (SSSR count). The van der Waals surface area contributed by atoms with Crippen molar-refractivity contribution in [3.63, 3.8) is 0 Å². The second kappa shape index (κ2) is 3.85. The Morgan fingerprint density at radius 1 is 1.44 bits per heavy atom. The molecule has 9 heavy (non-hydrogen) atoms. The van der Waals surface area contributed by atoms with Gasteiger partial charge in [0, 0.05) is 0 Å². The van der Waals surface area contributed by atoms with E-state index in [-0.39, 0.29) is 0 Å². The van der Waals surface area contributed by atoms with E-state index in [1.165, 1.54) is 19.3 Å². The molecular formula is C7H14O2. The van der Waals surface area contributed by atoms with Gasteiger partial charge in [0.2, 0.25) is 0 Å². The van der Waals surface area contributed by atoms with Crippen LogP contribution in [0.4, 0.5) is 0 Å². The minimum atomic E-state index is 0.753. The Labute approximate surface area is 56.1 Å². The van der Waals surface area contributed by atoms with Crippen LogP contribution in [0, 0.1) is 5.92 Å². The summed E-state index contributed by atoms with van der Waals surface area (Å²) in [7, 11) is 0. The summed E-state index contributed by atoms with van der Waals surface area (Å²) in [5, 5.41) is 0. The summed E-state index contributed by atoms with van der Waals surface area (Å²) in [4.78, 5) is 9.58. The van der Waals surface area contributed by atoms with E-state index in [9.17, 15) is 0 Å². The average Bonchev–Trinajstić information content (AvgIpc) is 1.91. The normalized spacial score (nSPS) is 28.3. The summed E-state index contributed by atoms with van der Waals surface area (Å²) in [6, 6.07) is 0. The lowest BCUT2D eigenvalue weighted by atomic mass is 10.0. The third kappa shape index (κ3) is 2.33. The minimum Gasteiger partial charge on any atom is -0.237 e. The Bertz CT molecular complexity index is 64.6. The van der Waals surface area contributed by atoms with Gasteiger partial charge >= 0.3 is 0 Å². The molecule has 2 heteroatoms. The lowest BCUT2D eigenvalue weighted by Gasteiger charge is -2.19.